The van der Waals surface area contributed by atoms with Crippen molar-refractivity contribution in [3.63, 3.8) is 0 Å². The largest absolute Gasteiger partial charge is 0.493 e. The fourth-order valence-corrected chi connectivity index (χ4v) is 4.38. The Balaban J connectivity index is 2.76. The van der Waals surface area contributed by atoms with Gasteiger partial charge in [0.1, 0.15) is 0 Å². The lowest BCUT2D eigenvalue weighted by Crippen LogP contribution is -2.44. The van der Waals surface area contributed by atoms with Crippen molar-refractivity contribution < 1.29 is 28.9 Å². The molecule has 0 aromatic heterocycles. The maximum Gasteiger partial charge on any atom is 0.251 e. The molecule has 0 unspecified atom stereocenters. The molecule has 0 aliphatic carbocycles. The molecule has 4 atom stereocenters. The molecule has 0 aliphatic heterocycles. The predicted molar refractivity (Wildman–Crippen MR) is 155 cm³/mol. The Morgan fingerprint density at radius 1 is 0.974 bits per heavy atom. The summed E-state index contributed by atoms with van der Waals surface area (Å²) >= 11 is 0. The lowest BCUT2D eigenvalue weighted by molar-refractivity contribution is -0.127. The van der Waals surface area contributed by atoms with Crippen LogP contribution < -0.4 is 25.8 Å². The summed E-state index contributed by atoms with van der Waals surface area (Å²) in [5.74, 6) is 0.887. The molecule has 224 valence electrons. The first-order chi connectivity index (χ1) is 18.5. The van der Waals surface area contributed by atoms with Crippen LogP contribution in [0.25, 0.3) is 0 Å². The third-order valence-corrected chi connectivity index (χ3v) is 7.18. The maximum atomic E-state index is 13.0. The summed E-state index contributed by atoms with van der Waals surface area (Å²) in [5, 5.41) is 16.9. The van der Waals surface area contributed by atoms with Gasteiger partial charge in [-0.2, -0.15) is 0 Å². The molecule has 0 saturated carbocycles. The van der Waals surface area contributed by atoms with E-state index < -0.39 is 12.1 Å². The van der Waals surface area contributed by atoms with Crippen molar-refractivity contribution in [2.24, 2.45) is 29.4 Å². The van der Waals surface area contributed by atoms with Gasteiger partial charge in [0.25, 0.3) is 5.91 Å². The number of amides is 2. The first kappa shape index (κ1) is 34.7. The Kier molecular flexibility index (Phi) is 16.7. The highest BCUT2D eigenvalue weighted by atomic mass is 16.5. The number of nitrogens with two attached hydrogens (primary N) is 1. The highest BCUT2D eigenvalue weighted by molar-refractivity contribution is 5.94. The second-order valence-corrected chi connectivity index (χ2v) is 11.0. The van der Waals surface area contributed by atoms with Crippen LogP contribution in [0.2, 0.25) is 0 Å². The normalized spacial score (nSPS) is 14.5. The molecule has 9 nitrogen and oxygen atoms in total. The van der Waals surface area contributed by atoms with Crippen molar-refractivity contribution in [3.05, 3.63) is 23.8 Å². The maximum absolute atomic E-state index is 13.0. The molecule has 0 spiro atoms. The number of aliphatic hydroxyl groups excluding tert-OH is 1. The molecule has 0 bridgehead atoms. The van der Waals surface area contributed by atoms with Gasteiger partial charge in [0.2, 0.25) is 5.91 Å². The van der Waals surface area contributed by atoms with E-state index in [2.05, 4.69) is 31.4 Å². The van der Waals surface area contributed by atoms with E-state index in [4.69, 9.17) is 19.9 Å². The van der Waals surface area contributed by atoms with Crippen LogP contribution in [-0.2, 0) is 9.53 Å². The second-order valence-electron chi connectivity index (χ2n) is 11.0. The molecule has 0 heterocycles. The highest BCUT2D eigenvalue weighted by Crippen LogP contribution is 2.28. The minimum absolute atomic E-state index is 0.0288. The minimum Gasteiger partial charge on any atom is -0.493 e. The zero-order valence-electron chi connectivity index (χ0n) is 25.1. The third-order valence-electron chi connectivity index (χ3n) is 7.18. The first-order valence-corrected chi connectivity index (χ1v) is 14.3. The van der Waals surface area contributed by atoms with Crippen LogP contribution in [0, 0.1) is 23.7 Å². The van der Waals surface area contributed by atoms with Gasteiger partial charge >= 0.3 is 0 Å². The molecule has 1 rings (SSSR count). The Bertz CT molecular complexity index is 848. The summed E-state index contributed by atoms with van der Waals surface area (Å²) < 4.78 is 16.2. The molecule has 0 saturated heterocycles. The van der Waals surface area contributed by atoms with E-state index in [1.54, 1.807) is 32.4 Å². The molecule has 1 aromatic rings. The van der Waals surface area contributed by atoms with Gasteiger partial charge in [-0.25, -0.2) is 0 Å². The van der Waals surface area contributed by atoms with Crippen molar-refractivity contribution in [2.75, 3.05) is 40.5 Å². The molecule has 0 fully saturated rings. The zero-order valence-corrected chi connectivity index (χ0v) is 25.1. The van der Waals surface area contributed by atoms with Gasteiger partial charge in [0, 0.05) is 50.8 Å². The van der Waals surface area contributed by atoms with Crippen LogP contribution >= 0.6 is 0 Å². The second kappa shape index (κ2) is 18.8. The highest BCUT2D eigenvalue weighted by Gasteiger charge is 2.29. The summed E-state index contributed by atoms with van der Waals surface area (Å²) in [6.07, 6.45) is 2.69. The number of aliphatic hydroxyl groups is 1. The third kappa shape index (κ3) is 12.6. The molecule has 1 aromatic carbocycles. The van der Waals surface area contributed by atoms with Crippen LogP contribution in [0.15, 0.2) is 18.2 Å². The standard InChI is InChI=1S/C30H53N3O6/c1-8-9-13-32-30(36)24(21(4)5)18-26(34)25(31)16-23(20(2)3)19-33-29(35)22-11-12-27(38-7)28(17-22)39-15-10-14-37-6/h11-12,17,20-21,23-26,34H,8-10,13-16,18-19,31H2,1-7H3,(H,32,36)(H,33,35)/t23-,24+,25+,26+/m1/s1. The topological polar surface area (TPSA) is 132 Å². The number of methoxy groups -OCH3 is 2. The summed E-state index contributed by atoms with van der Waals surface area (Å²) in [5.41, 5.74) is 6.90. The number of carbonyl (C=O) groups excluding carboxylic acids is 2. The lowest BCUT2D eigenvalue weighted by atomic mass is 9.83. The van der Waals surface area contributed by atoms with Gasteiger partial charge in [0.15, 0.2) is 11.5 Å². The Hall–Kier alpha value is -2.36. The smallest absolute Gasteiger partial charge is 0.251 e. The van der Waals surface area contributed by atoms with E-state index in [-0.39, 0.29) is 35.5 Å². The van der Waals surface area contributed by atoms with Gasteiger partial charge in [-0.05, 0) is 55.2 Å². The molecule has 0 aliphatic rings. The van der Waals surface area contributed by atoms with Crippen molar-refractivity contribution in [2.45, 2.75) is 78.9 Å². The van der Waals surface area contributed by atoms with Gasteiger partial charge < -0.3 is 35.7 Å². The van der Waals surface area contributed by atoms with Gasteiger partial charge in [-0.3, -0.25) is 9.59 Å². The minimum atomic E-state index is -0.814. The van der Waals surface area contributed by atoms with E-state index in [9.17, 15) is 14.7 Å². The average Bonchev–Trinajstić information content (AvgIpc) is 2.91. The number of unbranched alkanes of at least 4 members (excludes halogenated alkanes) is 1. The average molecular weight is 552 g/mol. The molecule has 9 heteroatoms. The number of ether oxygens (including phenoxy) is 3. The number of rotatable bonds is 20. The molecular weight excluding hydrogens is 498 g/mol. The van der Waals surface area contributed by atoms with E-state index in [1.807, 2.05) is 13.8 Å². The SMILES string of the molecule is CCCCNC(=O)[C@@H](C[C@H](O)[C@@H](N)C[C@H](CNC(=O)c1ccc(OC)c(OCCCOC)c1)C(C)C)C(C)C. The molecule has 2 amide bonds. The summed E-state index contributed by atoms with van der Waals surface area (Å²) in [7, 11) is 3.20. The van der Waals surface area contributed by atoms with Gasteiger partial charge in [-0.1, -0.05) is 41.0 Å². The van der Waals surface area contributed by atoms with Crippen molar-refractivity contribution in [1.82, 2.24) is 10.6 Å². The van der Waals surface area contributed by atoms with Crippen LogP contribution in [0.1, 0.15) is 77.1 Å². The van der Waals surface area contributed by atoms with Crippen molar-refractivity contribution >= 4 is 11.8 Å². The lowest BCUT2D eigenvalue weighted by Gasteiger charge is -2.30. The van der Waals surface area contributed by atoms with Crippen molar-refractivity contribution in [3.8, 4) is 11.5 Å². The van der Waals surface area contributed by atoms with E-state index in [0.717, 1.165) is 19.3 Å². The first-order valence-electron chi connectivity index (χ1n) is 14.3. The van der Waals surface area contributed by atoms with Crippen LogP contribution in [-0.4, -0.2) is 69.6 Å². The predicted octanol–water partition coefficient (Wildman–Crippen LogP) is 3.77. The molecule has 0 radical (unpaired) electrons. The Labute approximate surface area is 235 Å². The van der Waals surface area contributed by atoms with Gasteiger partial charge in [-0.15, -0.1) is 0 Å². The number of benzene rings is 1. The Morgan fingerprint density at radius 2 is 1.69 bits per heavy atom. The zero-order chi connectivity index (χ0) is 29.4. The quantitative estimate of drug-likeness (QED) is 0.181. The number of nitrogens with one attached hydrogen (secondary N) is 2. The monoisotopic (exact) mass is 551 g/mol. The molecule has 5 N–H and O–H groups in total. The molecule has 39 heavy (non-hydrogen) atoms. The summed E-state index contributed by atoms with van der Waals surface area (Å²) in [6.45, 7) is 12.3. The summed E-state index contributed by atoms with van der Waals surface area (Å²) in [4.78, 5) is 25.6. The fraction of sp³-hybridized carbons (Fsp3) is 0.733. The van der Waals surface area contributed by atoms with Crippen LogP contribution in [0.3, 0.4) is 0 Å². The van der Waals surface area contributed by atoms with Crippen molar-refractivity contribution in [1.29, 1.82) is 0 Å². The Morgan fingerprint density at radius 3 is 2.28 bits per heavy atom. The molecular formula is C30H53N3O6. The fourth-order valence-electron chi connectivity index (χ4n) is 4.38. The van der Waals surface area contributed by atoms with E-state index >= 15 is 0 Å². The van der Waals surface area contributed by atoms with E-state index in [1.165, 1.54) is 0 Å². The van der Waals surface area contributed by atoms with Gasteiger partial charge in [0.05, 0.1) is 19.8 Å². The van der Waals surface area contributed by atoms with E-state index in [0.29, 0.717) is 56.2 Å². The number of hydrogen-bond acceptors (Lipinski definition) is 7. The number of carbonyl (C=O) groups is 2. The number of hydrogen-bond donors (Lipinski definition) is 4. The van der Waals surface area contributed by atoms with Crippen LogP contribution in [0.4, 0.5) is 0 Å². The summed E-state index contributed by atoms with van der Waals surface area (Å²) in [6, 6.07) is 4.59. The van der Waals surface area contributed by atoms with Crippen LogP contribution in [0.5, 0.6) is 11.5 Å².